The van der Waals surface area contributed by atoms with Crippen molar-refractivity contribution >= 4 is 9.76 Å². The molecule has 0 aliphatic rings. The topological polar surface area (TPSA) is 20.2 Å². The van der Waals surface area contributed by atoms with Crippen LogP contribution >= 0.6 is 0 Å². The molecule has 0 spiro atoms. The van der Waals surface area contributed by atoms with E-state index in [4.69, 9.17) is 4.80 Å². The summed E-state index contributed by atoms with van der Waals surface area (Å²) >= 11 is 0. The Morgan fingerprint density at radius 2 is 1.60 bits per heavy atom. The minimum Gasteiger partial charge on any atom is -0.438 e. The van der Waals surface area contributed by atoms with Gasteiger partial charge in [-0.05, 0) is 0 Å². The zero-order valence-electron chi connectivity index (χ0n) is 4.15. The van der Waals surface area contributed by atoms with Gasteiger partial charge in [0.15, 0.2) is 9.76 Å². The van der Waals surface area contributed by atoms with E-state index in [1.165, 1.54) is 0 Å². The first kappa shape index (κ1) is 16.4. The molecule has 0 unspecified atom stereocenters. The largest absolute Gasteiger partial charge is 1.00 e. The number of hydrogen-bond donors (Lipinski definition) is 1. The molecule has 0 aliphatic heterocycles. The second kappa shape index (κ2) is 19.1. The molecule has 1 nitrogen and oxygen atoms in total. The molecular weight excluding hydrogens is 91.1 g/mol. The van der Waals surface area contributed by atoms with Crippen molar-refractivity contribution in [1.29, 1.82) is 0 Å². The molecule has 0 saturated heterocycles. The summed E-state index contributed by atoms with van der Waals surface area (Å²) in [6.45, 7) is 1.82. The van der Waals surface area contributed by atoms with Gasteiger partial charge in [0.1, 0.15) is 0 Å². The van der Waals surface area contributed by atoms with Crippen molar-refractivity contribution in [3.8, 4) is 0 Å². The standard InChI is InChI=1S/CH6OSi.CH3.Na/c1-3-2;;/h2H,3H2,1H3;1H3;/q;-1;+1. The van der Waals surface area contributed by atoms with Crippen LogP contribution in [0.25, 0.3) is 0 Å². The Kier molecular flexibility index (Phi) is 62.5. The maximum Gasteiger partial charge on any atom is 1.00 e. The fourth-order valence-corrected chi connectivity index (χ4v) is 0. The number of rotatable bonds is 0. The van der Waals surface area contributed by atoms with Crippen LogP contribution in [0.15, 0.2) is 0 Å². The third kappa shape index (κ3) is 37.7. The van der Waals surface area contributed by atoms with Crippen LogP contribution in [0.5, 0.6) is 0 Å². The van der Waals surface area contributed by atoms with Gasteiger partial charge in [0.05, 0.1) is 0 Å². The van der Waals surface area contributed by atoms with Crippen LogP contribution in [0.4, 0.5) is 0 Å². The summed E-state index contributed by atoms with van der Waals surface area (Å²) in [7, 11) is -0.583. The van der Waals surface area contributed by atoms with Crippen molar-refractivity contribution in [2.45, 2.75) is 6.55 Å². The third-order valence-electron chi connectivity index (χ3n) is 0. The molecule has 3 heteroatoms. The second-order valence-corrected chi connectivity index (χ2v) is 0.949. The molecule has 0 bridgehead atoms. The molecule has 0 aliphatic carbocycles. The minimum atomic E-state index is -0.583. The van der Waals surface area contributed by atoms with E-state index in [0.29, 0.717) is 0 Å². The van der Waals surface area contributed by atoms with E-state index >= 15 is 0 Å². The molecule has 0 saturated carbocycles. The maximum absolute atomic E-state index is 7.71. The Morgan fingerprint density at radius 3 is 1.60 bits per heavy atom. The first-order valence-corrected chi connectivity index (χ1v) is 3.07. The van der Waals surface area contributed by atoms with Gasteiger partial charge in [-0.15, -0.1) is 0 Å². The van der Waals surface area contributed by atoms with Gasteiger partial charge in [-0.1, -0.05) is 6.55 Å². The molecule has 0 atom stereocenters. The predicted molar refractivity (Wildman–Crippen MR) is 23.0 cm³/mol. The maximum atomic E-state index is 7.71. The molecule has 0 heterocycles. The molecule has 1 N–H and O–H groups in total. The summed E-state index contributed by atoms with van der Waals surface area (Å²) in [5.41, 5.74) is 0. The molecule has 0 rings (SSSR count). The molecule has 28 valence electrons. The van der Waals surface area contributed by atoms with Gasteiger partial charge in [-0.3, -0.25) is 0 Å². The molecule has 0 aromatic carbocycles. The van der Waals surface area contributed by atoms with Gasteiger partial charge in [0.25, 0.3) is 0 Å². The van der Waals surface area contributed by atoms with Crippen LogP contribution in [0.3, 0.4) is 0 Å². The van der Waals surface area contributed by atoms with Crippen LogP contribution in [0.2, 0.25) is 6.55 Å². The summed E-state index contributed by atoms with van der Waals surface area (Å²) in [6, 6.07) is 0. The smallest absolute Gasteiger partial charge is 0.438 e. The van der Waals surface area contributed by atoms with Gasteiger partial charge in [-0.25, -0.2) is 0 Å². The molecule has 5 heavy (non-hydrogen) atoms. The quantitative estimate of drug-likeness (QED) is 0.248. The van der Waals surface area contributed by atoms with E-state index in [1.54, 1.807) is 0 Å². The normalized spacial score (nSPS) is 6.00. The van der Waals surface area contributed by atoms with Crippen molar-refractivity contribution in [1.82, 2.24) is 0 Å². The fourth-order valence-electron chi connectivity index (χ4n) is 0. The van der Waals surface area contributed by atoms with Crippen molar-refractivity contribution in [2.24, 2.45) is 0 Å². The molecule has 0 aromatic heterocycles. The summed E-state index contributed by atoms with van der Waals surface area (Å²) in [5, 5.41) is 0. The molecule has 0 amide bonds. The zero-order valence-corrected chi connectivity index (χ0v) is 7.57. The van der Waals surface area contributed by atoms with E-state index in [9.17, 15) is 0 Å². The first-order valence-electron chi connectivity index (χ1n) is 1.02. The van der Waals surface area contributed by atoms with Crippen LogP contribution in [0.1, 0.15) is 0 Å². The molecule has 0 radical (unpaired) electrons. The van der Waals surface area contributed by atoms with E-state index in [0.717, 1.165) is 0 Å². The van der Waals surface area contributed by atoms with Gasteiger partial charge >= 0.3 is 29.6 Å². The fraction of sp³-hybridized carbons (Fsp3) is 0.500. The average Bonchev–Trinajstić information content (AvgIpc) is 0.918. The Morgan fingerprint density at radius 1 is 1.60 bits per heavy atom. The van der Waals surface area contributed by atoms with Crippen LogP contribution in [-0.2, 0) is 0 Å². The van der Waals surface area contributed by atoms with Crippen LogP contribution in [0, 0.1) is 7.43 Å². The Hall–Kier alpha value is 1.18. The van der Waals surface area contributed by atoms with Gasteiger partial charge in [0.2, 0.25) is 0 Å². The predicted octanol–water partition coefficient (Wildman–Crippen LogP) is -3.44. The average molecular weight is 100 g/mol. The Labute approximate surface area is 58.0 Å². The SMILES string of the molecule is C[SiH2]O.[CH3-].[Na+]. The summed E-state index contributed by atoms with van der Waals surface area (Å²) < 4.78 is 0. The van der Waals surface area contributed by atoms with Crippen molar-refractivity contribution in [3.05, 3.63) is 7.43 Å². The van der Waals surface area contributed by atoms with Gasteiger partial charge in [-0.2, -0.15) is 0 Å². The van der Waals surface area contributed by atoms with E-state index in [1.807, 2.05) is 6.55 Å². The molecule has 0 fully saturated rings. The zero-order chi connectivity index (χ0) is 2.71. The second-order valence-electron chi connectivity index (χ2n) is 0.316. The van der Waals surface area contributed by atoms with Crippen LogP contribution < -0.4 is 29.6 Å². The van der Waals surface area contributed by atoms with Crippen LogP contribution in [-0.4, -0.2) is 14.6 Å². The minimum absolute atomic E-state index is 0. The summed E-state index contributed by atoms with van der Waals surface area (Å²) in [5.74, 6) is 0. The summed E-state index contributed by atoms with van der Waals surface area (Å²) in [6.07, 6.45) is 0. The van der Waals surface area contributed by atoms with Crippen molar-refractivity contribution < 1.29 is 34.4 Å². The molecular formula is C2H9NaOSi. The van der Waals surface area contributed by atoms with E-state index in [2.05, 4.69) is 0 Å². The van der Waals surface area contributed by atoms with E-state index in [-0.39, 0.29) is 37.0 Å². The first-order chi connectivity index (χ1) is 1.41. The Bertz CT molecular complexity index is 9.61. The van der Waals surface area contributed by atoms with Crippen molar-refractivity contribution in [2.75, 3.05) is 0 Å². The molecule has 0 aromatic rings. The third-order valence-corrected chi connectivity index (χ3v) is 0. The summed E-state index contributed by atoms with van der Waals surface area (Å²) in [4.78, 5) is 7.71. The van der Waals surface area contributed by atoms with Gasteiger partial charge < -0.3 is 12.2 Å². The van der Waals surface area contributed by atoms with Gasteiger partial charge in [0, 0.05) is 0 Å². The van der Waals surface area contributed by atoms with Crippen molar-refractivity contribution in [3.63, 3.8) is 0 Å². The Balaban J connectivity index is -0.0000000200. The number of hydrogen-bond acceptors (Lipinski definition) is 1. The monoisotopic (exact) mass is 100 g/mol. The van der Waals surface area contributed by atoms with E-state index < -0.39 is 9.76 Å².